The summed E-state index contributed by atoms with van der Waals surface area (Å²) >= 11 is 0. The van der Waals surface area contributed by atoms with Crippen LogP contribution in [0.5, 0.6) is 0 Å². The highest BCUT2D eigenvalue weighted by Gasteiger charge is 2.49. The third kappa shape index (κ3) is 5.83. The van der Waals surface area contributed by atoms with Crippen LogP contribution >= 0.6 is 23.5 Å². The Kier molecular flexibility index (Phi) is 6.87. The van der Waals surface area contributed by atoms with Crippen LogP contribution in [0.1, 0.15) is 0 Å². The van der Waals surface area contributed by atoms with Crippen molar-refractivity contribution in [3.05, 3.63) is 0 Å². The van der Waals surface area contributed by atoms with Gasteiger partial charge in [0, 0.05) is 0 Å². The summed E-state index contributed by atoms with van der Waals surface area (Å²) in [6.45, 7) is -0.963. The van der Waals surface area contributed by atoms with Crippen LogP contribution in [0.3, 0.4) is 0 Å². The third-order valence-electron chi connectivity index (χ3n) is 4.03. The van der Waals surface area contributed by atoms with Gasteiger partial charge in [-0.3, -0.25) is 9.52 Å². The Hall–Kier alpha value is -1.10. The van der Waals surface area contributed by atoms with Gasteiger partial charge in [-0.1, -0.05) is 0 Å². The number of nitrogens with two attached hydrogens (primary N) is 1. The molecule has 1 saturated heterocycles. The molecule has 0 aliphatic carbocycles. The van der Waals surface area contributed by atoms with Crippen LogP contribution in [0, 0.1) is 0 Å². The molecular weight excluding hydrogens is 491 g/mol. The van der Waals surface area contributed by atoms with E-state index in [-0.39, 0.29) is 30.7 Å². The molecular formula is C10H18N5O13P3. The van der Waals surface area contributed by atoms with E-state index in [0.29, 0.717) is 0 Å². The van der Waals surface area contributed by atoms with Gasteiger partial charge in [-0.15, -0.1) is 0 Å². The van der Waals surface area contributed by atoms with Gasteiger partial charge in [-0.05, 0) is 0 Å². The van der Waals surface area contributed by atoms with Gasteiger partial charge in [0.1, 0.15) is 43.2 Å². The molecule has 8 N–H and O–H groups in total. The minimum atomic E-state index is -5.69. The Morgan fingerprint density at radius 2 is 1.71 bits per heavy atom. The molecule has 0 aromatic heterocycles. The number of ether oxygens (including phenoxy) is 1. The molecule has 176 valence electrons. The predicted octanol–water partition coefficient (Wildman–Crippen LogP) is -2.78. The molecule has 6 atom stereocenters. The number of nitrogens with zero attached hydrogens (tertiary/aromatic N) is 4. The summed E-state index contributed by atoms with van der Waals surface area (Å²) in [4.78, 5) is 49.1. The van der Waals surface area contributed by atoms with Gasteiger partial charge in [-0.2, -0.15) is 8.62 Å². The highest BCUT2D eigenvalue weighted by atomic mass is 31.3. The Balaban J connectivity index is 1.61. The molecule has 3 aliphatic heterocycles. The molecule has 1 fully saturated rings. The second-order valence-electron chi connectivity index (χ2n) is 6.22. The zero-order chi connectivity index (χ0) is 23.2. The fourth-order valence-electron chi connectivity index (χ4n) is 2.83. The lowest BCUT2D eigenvalue weighted by atomic mass is 10.1. The molecule has 3 heterocycles. The lowest BCUT2D eigenvalue weighted by molar-refractivity contribution is -0.0681. The van der Waals surface area contributed by atoms with Gasteiger partial charge in [-0.25, -0.2) is 23.7 Å². The molecule has 0 bridgehead atoms. The molecule has 21 heteroatoms. The van der Waals surface area contributed by atoms with Crippen molar-refractivity contribution < 1.29 is 61.4 Å². The van der Waals surface area contributed by atoms with Gasteiger partial charge >= 0.3 is 23.5 Å². The molecule has 18 nitrogen and oxygen atoms in total. The maximum Gasteiger partial charge on any atom is 0.490 e. The summed E-state index contributed by atoms with van der Waals surface area (Å²) < 4.78 is 50.8. The number of aliphatic hydroxyl groups excluding tert-OH is 2. The summed E-state index contributed by atoms with van der Waals surface area (Å²) in [5.74, 6) is 0.391. The SMILES string of the molecule is NC1=NCN=C2C1=NCN2[C@@H]1O[C@H](COP(=O)(O)OP(=O)(O)OP(=O)(O)O)[C@@H](O)[C@H]1O. The van der Waals surface area contributed by atoms with E-state index in [1.165, 1.54) is 4.90 Å². The standard InChI is InChI=1S/C10H18N5O13P3/c11-8-5-9(13-2-12-8)15(3-14-5)10-7(17)6(16)4(26-10)1-25-30(21,22)28-31(23,24)27-29(18,19)20/h4,6-7,10,16-17H,1-3H2,(H2,11,12)(H,21,22)(H,23,24)(H2,18,19,20)/t4-,6-,7-,10-/m1/s1. The van der Waals surface area contributed by atoms with E-state index in [1.807, 2.05) is 0 Å². The average molecular weight is 509 g/mol. The number of fused-ring (bicyclic) bond motifs is 1. The molecule has 3 rings (SSSR count). The maximum atomic E-state index is 11.8. The van der Waals surface area contributed by atoms with E-state index < -0.39 is 54.6 Å². The molecule has 0 aromatic carbocycles. The van der Waals surface area contributed by atoms with Crippen molar-refractivity contribution in [1.82, 2.24) is 4.90 Å². The van der Waals surface area contributed by atoms with E-state index in [0.717, 1.165) is 0 Å². The van der Waals surface area contributed by atoms with Crippen molar-refractivity contribution in [2.24, 2.45) is 20.7 Å². The molecule has 0 saturated carbocycles. The highest BCUT2D eigenvalue weighted by molar-refractivity contribution is 7.66. The summed E-state index contributed by atoms with van der Waals surface area (Å²) in [5.41, 5.74) is 5.99. The summed E-state index contributed by atoms with van der Waals surface area (Å²) in [6, 6.07) is 0. The Morgan fingerprint density at radius 3 is 2.35 bits per heavy atom. The highest BCUT2D eigenvalue weighted by Crippen LogP contribution is 2.66. The van der Waals surface area contributed by atoms with Crippen LogP contribution in [-0.4, -0.2) is 96.6 Å². The number of phosphoric ester groups is 1. The molecule has 0 aromatic rings. The number of aliphatic hydroxyl groups is 2. The van der Waals surface area contributed by atoms with E-state index in [9.17, 15) is 28.8 Å². The number of amidine groups is 2. The average Bonchev–Trinajstić information content (AvgIpc) is 3.13. The van der Waals surface area contributed by atoms with Gasteiger partial charge in [0.05, 0.1) is 6.61 Å². The minimum Gasteiger partial charge on any atom is -0.387 e. The van der Waals surface area contributed by atoms with E-state index in [1.54, 1.807) is 0 Å². The van der Waals surface area contributed by atoms with Crippen molar-refractivity contribution in [2.45, 2.75) is 24.5 Å². The first-order valence-corrected chi connectivity index (χ1v) is 12.7. The Labute approximate surface area is 173 Å². The number of hydrogen-bond acceptors (Lipinski definition) is 14. The quantitative estimate of drug-likeness (QED) is 0.163. The summed E-state index contributed by atoms with van der Waals surface area (Å²) in [7, 11) is -16.7. The van der Waals surface area contributed by atoms with Gasteiger partial charge in [0.25, 0.3) is 0 Å². The summed E-state index contributed by atoms with van der Waals surface area (Å²) in [5, 5.41) is 20.5. The molecule has 31 heavy (non-hydrogen) atoms. The van der Waals surface area contributed by atoms with Crippen LogP contribution < -0.4 is 5.73 Å². The number of phosphoric acid groups is 3. The second kappa shape index (κ2) is 8.68. The van der Waals surface area contributed by atoms with Gasteiger partial charge < -0.3 is 45.2 Å². The molecule has 0 radical (unpaired) electrons. The first-order chi connectivity index (χ1) is 14.2. The second-order valence-corrected chi connectivity index (χ2v) is 10.6. The van der Waals surface area contributed by atoms with Crippen LogP contribution in [0.25, 0.3) is 0 Å². The number of rotatable bonds is 8. The Bertz CT molecular complexity index is 964. The topological polar surface area (TPSA) is 276 Å². The van der Waals surface area contributed by atoms with Gasteiger partial charge in [0.2, 0.25) is 0 Å². The third-order valence-corrected chi connectivity index (χ3v) is 7.83. The normalized spacial score (nSPS) is 32.6. The number of hydrogen-bond donors (Lipinski definition) is 7. The van der Waals surface area contributed by atoms with Crippen molar-refractivity contribution in [3.63, 3.8) is 0 Å². The van der Waals surface area contributed by atoms with E-state index in [2.05, 4.69) is 28.1 Å². The zero-order valence-corrected chi connectivity index (χ0v) is 17.9. The first kappa shape index (κ1) is 24.5. The number of aliphatic imine (C=N–C) groups is 3. The van der Waals surface area contributed by atoms with Crippen molar-refractivity contribution >= 4 is 40.9 Å². The van der Waals surface area contributed by atoms with E-state index >= 15 is 0 Å². The summed E-state index contributed by atoms with van der Waals surface area (Å²) in [6.07, 6.45) is -5.83. The molecule has 3 aliphatic rings. The predicted molar refractivity (Wildman–Crippen MR) is 98.6 cm³/mol. The minimum absolute atomic E-state index is 0.0114. The fourth-order valence-corrected chi connectivity index (χ4v) is 5.86. The van der Waals surface area contributed by atoms with Crippen molar-refractivity contribution in [3.8, 4) is 0 Å². The lowest BCUT2D eigenvalue weighted by Gasteiger charge is -2.28. The zero-order valence-electron chi connectivity index (χ0n) is 15.2. The fraction of sp³-hybridized carbons (Fsp3) is 0.700. The Morgan fingerprint density at radius 1 is 1.03 bits per heavy atom. The molecule has 0 spiro atoms. The van der Waals surface area contributed by atoms with Crippen molar-refractivity contribution in [1.29, 1.82) is 0 Å². The van der Waals surface area contributed by atoms with Gasteiger partial charge in [0.15, 0.2) is 12.1 Å². The van der Waals surface area contributed by atoms with E-state index in [4.69, 9.17) is 25.2 Å². The van der Waals surface area contributed by atoms with Crippen LogP contribution in [0.4, 0.5) is 0 Å². The van der Waals surface area contributed by atoms with Crippen LogP contribution in [0.15, 0.2) is 15.0 Å². The molecule has 2 unspecified atom stereocenters. The largest absolute Gasteiger partial charge is 0.490 e. The molecule has 0 amide bonds. The monoisotopic (exact) mass is 509 g/mol. The smallest absolute Gasteiger partial charge is 0.387 e. The lowest BCUT2D eigenvalue weighted by Crippen LogP contribution is -2.49. The van der Waals surface area contributed by atoms with Crippen molar-refractivity contribution in [2.75, 3.05) is 19.9 Å². The maximum absolute atomic E-state index is 11.8. The first-order valence-electron chi connectivity index (χ1n) is 8.15. The van der Waals surface area contributed by atoms with Crippen LogP contribution in [-0.2, 0) is 31.6 Å². The van der Waals surface area contributed by atoms with Crippen LogP contribution in [0.2, 0.25) is 0 Å².